The van der Waals surface area contributed by atoms with Crippen LogP contribution in [0.3, 0.4) is 0 Å². The van der Waals surface area contributed by atoms with Gasteiger partial charge < -0.3 is 64.2 Å². The van der Waals surface area contributed by atoms with E-state index in [1.165, 1.54) is 96.3 Å². The number of aliphatic hydroxyl groups excluding tert-OH is 7. The molecule has 14 heteroatoms. The summed E-state index contributed by atoms with van der Waals surface area (Å²) >= 11 is 0. The van der Waals surface area contributed by atoms with E-state index in [1.807, 2.05) is 0 Å². The number of unbranched alkanes of at least 4 members (excludes halogenated alkanes) is 22. The van der Waals surface area contributed by atoms with Crippen molar-refractivity contribution in [3.63, 3.8) is 0 Å². The predicted molar refractivity (Wildman–Crippen MR) is 289 cm³/mol. The summed E-state index contributed by atoms with van der Waals surface area (Å²) in [5, 5.41) is 72.3. The molecule has 2 rings (SSSR count). The van der Waals surface area contributed by atoms with Crippen LogP contribution in [0.1, 0.15) is 206 Å². The minimum absolute atomic E-state index is 0.0501. The van der Waals surface area contributed by atoms with E-state index in [0.717, 1.165) is 83.5 Å². The first-order valence-electron chi connectivity index (χ1n) is 28.9. The zero-order valence-corrected chi connectivity index (χ0v) is 45.4. The van der Waals surface area contributed by atoms with Crippen LogP contribution < -0.4 is 0 Å². The Morgan fingerprint density at radius 3 is 1.36 bits per heavy atom. The highest BCUT2D eigenvalue weighted by Gasteiger charge is 2.47. The third kappa shape index (κ3) is 32.8. The maximum Gasteiger partial charge on any atom is 0.306 e. The molecule has 2 saturated heterocycles. The molecule has 0 aliphatic carbocycles. The largest absolute Gasteiger partial charge is 0.457 e. The fraction of sp³-hybridized carbons (Fsp3) is 0.814. The monoisotopic (exact) mass is 1040 g/mol. The molecule has 2 aliphatic rings. The van der Waals surface area contributed by atoms with Gasteiger partial charge in [-0.2, -0.15) is 0 Å². The van der Waals surface area contributed by atoms with Gasteiger partial charge >= 0.3 is 5.97 Å². The molecule has 2 heterocycles. The summed E-state index contributed by atoms with van der Waals surface area (Å²) in [6.07, 6.45) is 39.8. The van der Waals surface area contributed by atoms with Gasteiger partial charge in [0.1, 0.15) is 54.9 Å². The van der Waals surface area contributed by atoms with Gasteiger partial charge in [0.05, 0.1) is 26.4 Å². The minimum atomic E-state index is -1.71. The fourth-order valence-electron chi connectivity index (χ4n) is 8.79. The number of carbonyl (C=O) groups excluding carboxylic acids is 1. The van der Waals surface area contributed by atoms with Gasteiger partial charge in [-0.1, -0.05) is 177 Å². The molecule has 0 spiro atoms. The lowest BCUT2D eigenvalue weighted by atomic mass is 9.98. The molecule has 73 heavy (non-hydrogen) atoms. The zero-order chi connectivity index (χ0) is 53.0. The van der Waals surface area contributed by atoms with Gasteiger partial charge in [0.25, 0.3) is 0 Å². The molecule has 11 atom stereocenters. The summed E-state index contributed by atoms with van der Waals surface area (Å²) < 4.78 is 34.4. The molecule has 424 valence electrons. The van der Waals surface area contributed by atoms with E-state index in [1.54, 1.807) is 0 Å². The van der Waals surface area contributed by atoms with Gasteiger partial charge in [-0.15, -0.1) is 0 Å². The van der Waals surface area contributed by atoms with Crippen LogP contribution in [0.25, 0.3) is 0 Å². The van der Waals surface area contributed by atoms with Crippen molar-refractivity contribution in [2.45, 2.75) is 274 Å². The van der Waals surface area contributed by atoms with E-state index in [9.17, 15) is 40.5 Å². The molecule has 0 saturated carbocycles. The SMILES string of the molecule is CCCCC/C=C\C/C=C\CCCCCCCCCCOCC(COC1OC(COC2OC(CO)C(O)C(O)C2O)C(O)C(O)C1O)OC(=O)CCCCCCCC/C=C\C/C=C\C/C=C\CCCCCCC. The molecule has 2 aliphatic heterocycles. The maximum absolute atomic E-state index is 13.1. The number of allylic oxidation sites excluding steroid dienone is 10. The molecule has 0 aromatic heterocycles. The predicted octanol–water partition coefficient (Wildman–Crippen LogP) is 10.1. The van der Waals surface area contributed by atoms with Crippen molar-refractivity contribution >= 4 is 5.97 Å². The summed E-state index contributed by atoms with van der Waals surface area (Å²) in [4.78, 5) is 13.1. The van der Waals surface area contributed by atoms with E-state index in [2.05, 4.69) is 74.6 Å². The number of carbonyl (C=O) groups is 1. The van der Waals surface area contributed by atoms with Crippen LogP contribution in [0.2, 0.25) is 0 Å². The lowest BCUT2D eigenvalue weighted by Crippen LogP contribution is -2.61. The van der Waals surface area contributed by atoms with Crippen LogP contribution in [-0.4, -0.2) is 142 Å². The van der Waals surface area contributed by atoms with Crippen LogP contribution in [0.5, 0.6) is 0 Å². The molecule has 11 unspecified atom stereocenters. The second kappa shape index (κ2) is 45.8. The third-order valence-corrected chi connectivity index (χ3v) is 13.5. The van der Waals surface area contributed by atoms with Gasteiger partial charge in [0.2, 0.25) is 0 Å². The summed E-state index contributed by atoms with van der Waals surface area (Å²) in [5.74, 6) is -0.391. The van der Waals surface area contributed by atoms with Crippen molar-refractivity contribution in [2.75, 3.05) is 33.0 Å². The molecular formula is C59H104O14. The first-order valence-corrected chi connectivity index (χ1v) is 28.9. The highest BCUT2D eigenvalue weighted by atomic mass is 16.7. The lowest BCUT2D eigenvalue weighted by molar-refractivity contribution is -0.332. The van der Waals surface area contributed by atoms with Crippen molar-refractivity contribution in [1.82, 2.24) is 0 Å². The minimum Gasteiger partial charge on any atom is -0.457 e. The fourth-order valence-corrected chi connectivity index (χ4v) is 8.79. The van der Waals surface area contributed by atoms with E-state index in [0.29, 0.717) is 13.0 Å². The van der Waals surface area contributed by atoms with Crippen molar-refractivity contribution in [3.05, 3.63) is 60.8 Å². The molecule has 7 N–H and O–H groups in total. The van der Waals surface area contributed by atoms with E-state index in [-0.39, 0.29) is 19.6 Å². The molecule has 0 amide bonds. The Labute approximate surface area is 441 Å². The number of rotatable bonds is 46. The van der Waals surface area contributed by atoms with Crippen LogP contribution in [0.15, 0.2) is 60.8 Å². The lowest BCUT2D eigenvalue weighted by Gasteiger charge is -2.42. The smallest absolute Gasteiger partial charge is 0.306 e. The van der Waals surface area contributed by atoms with Crippen LogP contribution in [0.4, 0.5) is 0 Å². The number of ether oxygens (including phenoxy) is 6. The Morgan fingerprint density at radius 2 is 0.849 bits per heavy atom. The standard InChI is InChI=1S/C59H104O14/c1-3-5-7-9-11-13-15-17-19-21-23-24-25-26-28-30-32-34-36-38-40-42-51(61)71-48(45-68-43-41-39-37-35-33-31-29-27-22-20-18-16-14-12-10-8-6-4-2)46-69-58-57(67)55(65)53(63)50(73-58)47-70-59-56(66)54(64)52(62)49(44-60)72-59/h12,14-15,17-18,20-21,23,25-26,48-50,52-60,62-67H,3-11,13,16,19,22,24,27-47H2,1-2H3/b14-12-,17-15-,20-18-,23-21-,26-25-. The van der Waals surface area contributed by atoms with Gasteiger partial charge in [0.15, 0.2) is 12.6 Å². The van der Waals surface area contributed by atoms with Crippen molar-refractivity contribution in [3.8, 4) is 0 Å². The number of hydrogen-bond donors (Lipinski definition) is 7. The van der Waals surface area contributed by atoms with Crippen LogP contribution >= 0.6 is 0 Å². The van der Waals surface area contributed by atoms with Gasteiger partial charge in [-0.3, -0.25) is 4.79 Å². The van der Waals surface area contributed by atoms with Crippen LogP contribution in [0, 0.1) is 0 Å². The highest BCUT2D eigenvalue weighted by Crippen LogP contribution is 2.26. The Kier molecular flexibility index (Phi) is 42.0. The van der Waals surface area contributed by atoms with Gasteiger partial charge in [0, 0.05) is 13.0 Å². The molecular weight excluding hydrogens is 933 g/mol. The van der Waals surface area contributed by atoms with E-state index < -0.39 is 86.7 Å². The summed E-state index contributed by atoms with van der Waals surface area (Å²) in [6, 6.07) is 0. The molecule has 14 nitrogen and oxygen atoms in total. The summed E-state index contributed by atoms with van der Waals surface area (Å²) in [5.41, 5.74) is 0. The van der Waals surface area contributed by atoms with Crippen molar-refractivity contribution in [2.24, 2.45) is 0 Å². The second-order valence-electron chi connectivity index (χ2n) is 20.1. The van der Waals surface area contributed by atoms with Gasteiger partial charge in [-0.25, -0.2) is 0 Å². The normalized spacial score (nSPS) is 25.4. The molecule has 0 radical (unpaired) electrons. The maximum atomic E-state index is 13.1. The van der Waals surface area contributed by atoms with Gasteiger partial charge in [-0.05, 0) is 83.5 Å². The van der Waals surface area contributed by atoms with E-state index in [4.69, 9.17) is 28.4 Å². The first kappa shape index (κ1) is 66.8. The topological polar surface area (TPSA) is 214 Å². The third-order valence-electron chi connectivity index (χ3n) is 13.5. The zero-order valence-electron chi connectivity index (χ0n) is 45.4. The Morgan fingerprint density at radius 1 is 0.452 bits per heavy atom. The first-order chi connectivity index (χ1) is 35.6. The van der Waals surface area contributed by atoms with E-state index >= 15 is 0 Å². The molecule has 0 aromatic carbocycles. The molecule has 0 aromatic rings. The average molecular weight is 1040 g/mol. The number of hydrogen-bond acceptors (Lipinski definition) is 14. The Balaban J connectivity index is 1.74. The Bertz CT molecular complexity index is 1440. The quantitative estimate of drug-likeness (QED) is 0.0172. The highest BCUT2D eigenvalue weighted by molar-refractivity contribution is 5.69. The van der Waals surface area contributed by atoms with Crippen molar-refractivity contribution in [1.29, 1.82) is 0 Å². The Hall–Kier alpha value is -2.31. The van der Waals surface area contributed by atoms with Crippen LogP contribution in [-0.2, 0) is 33.2 Å². The number of aliphatic hydroxyl groups is 7. The molecule has 2 fully saturated rings. The molecule has 0 bridgehead atoms. The number of esters is 1. The average Bonchev–Trinajstić information content (AvgIpc) is 3.39. The van der Waals surface area contributed by atoms with Crippen molar-refractivity contribution < 1.29 is 69.0 Å². The summed E-state index contributed by atoms with van der Waals surface area (Å²) in [7, 11) is 0. The summed E-state index contributed by atoms with van der Waals surface area (Å²) in [6.45, 7) is 3.63. The second-order valence-corrected chi connectivity index (χ2v) is 20.1.